The summed E-state index contributed by atoms with van der Waals surface area (Å²) >= 11 is 0. The topological polar surface area (TPSA) is 98.3 Å². The van der Waals surface area contributed by atoms with Gasteiger partial charge in [0, 0.05) is 52.5 Å². The summed E-state index contributed by atoms with van der Waals surface area (Å²) in [4.78, 5) is 25.7. The van der Waals surface area contributed by atoms with Crippen molar-refractivity contribution in [3.8, 4) is 6.01 Å². The van der Waals surface area contributed by atoms with E-state index in [9.17, 15) is 4.79 Å². The van der Waals surface area contributed by atoms with Crippen LogP contribution >= 0.6 is 0 Å². The summed E-state index contributed by atoms with van der Waals surface area (Å²) in [5, 5.41) is 3.36. The minimum atomic E-state index is -0.515. The number of fused-ring (bicyclic) bond motifs is 1. The molecule has 1 N–H and O–H groups in total. The Labute approximate surface area is 184 Å². The molecule has 31 heavy (non-hydrogen) atoms. The molecule has 0 aliphatic carbocycles. The molecule has 0 bridgehead atoms. The molecule has 3 rings (SSSR count). The number of amides is 1. The van der Waals surface area contributed by atoms with E-state index in [0.29, 0.717) is 38.7 Å². The third-order valence-electron chi connectivity index (χ3n) is 5.26. The molecule has 0 radical (unpaired) electrons. The lowest BCUT2D eigenvalue weighted by Crippen LogP contribution is -2.50. The van der Waals surface area contributed by atoms with Gasteiger partial charge < -0.3 is 34.1 Å². The van der Waals surface area contributed by atoms with E-state index >= 15 is 0 Å². The second kappa shape index (κ2) is 9.97. The Morgan fingerprint density at radius 2 is 1.77 bits per heavy atom. The van der Waals surface area contributed by atoms with Crippen molar-refractivity contribution in [1.29, 1.82) is 0 Å². The van der Waals surface area contributed by atoms with Crippen LogP contribution in [0.1, 0.15) is 39.0 Å². The van der Waals surface area contributed by atoms with Crippen LogP contribution in [0.5, 0.6) is 6.01 Å². The van der Waals surface area contributed by atoms with E-state index in [4.69, 9.17) is 23.9 Å². The predicted molar refractivity (Wildman–Crippen MR) is 115 cm³/mol. The maximum absolute atomic E-state index is 12.4. The number of ether oxygens (including phenoxy) is 4. The first-order valence-electron chi connectivity index (χ1n) is 10.8. The van der Waals surface area contributed by atoms with Gasteiger partial charge in [0.15, 0.2) is 6.29 Å². The van der Waals surface area contributed by atoms with Gasteiger partial charge in [-0.2, -0.15) is 9.97 Å². The summed E-state index contributed by atoms with van der Waals surface area (Å²) in [6.07, 6.45) is -0.310. The van der Waals surface area contributed by atoms with Crippen molar-refractivity contribution in [1.82, 2.24) is 20.2 Å². The highest BCUT2D eigenvalue weighted by Gasteiger charge is 2.29. The van der Waals surface area contributed by atoms with Crippen molar-refractivity contribution >= 4 is 11.9 Å². The number of aromatic nitrogens is 2. The number of hydrogen-bond donors (Lipinski definition) is 1. The summed E-state index contributed by atoms with van der Waals surface area (Å²) in [5.41, 5.74) is 1.58. The number of piperazine rings is 1. The van der Waals surface area contributed by atoms with Gasteiger partial charge in [-0.25, -0.2) is 4.79 Å². The van der Waals surface area contributed by atoms with Crippen molar-refractivity contribution in [2.45, 2.75) is 58.7 Å². The summed E-state index contributed by atoms with van der Waals surface area (Å²) in [5.74, 6) is 0.879. The largest absolute Gasteiger partial charge is 0.455 e. The van der Waals surface area contributed by atoms with Gasteiger partial charge in [0.25, 0.3) is 0 Å². The lowest BCUT2D eigenvalue weighted by molar-refractivity contribution is -0.152. The van der Waals surface area contributed by atoms with Crippen LogP contribution in [0, 0.1) is 0 Å². The molecule has 10 heteroatoms. The van der Waals surface area contributed by atoms with Crippen molar-refractivity contribution in [2.24, 2.45) is 0 Å². The van der Waals surface area contributed by atoms with E-state index in [-0.39, 0.29) is 12.2 Å². The fourth-order valence-electron chi connectivity index (χ4n) is 3.76. The van der Waals surface area contributed by atoms with Crippen LogP contribution in [0.15, 0.2) is 0 Å². The van der Waals surface area contributed by atoms with Gasteiger partial charge in [-0.1, -0.05) is 0 Å². The minimum Gasteiger partial charge on any atom is -0.455 e. The second-order valence-corrected chi connectivity index (χ2v) is 8.80. The number of rotatable bonds is 6. The maximum atomic E-state index is 12.4. The smallest absolute Gasteiger partial charge is 0.410 e. The van der Waals surface area contributed by atoms with Crippen LogP contribution in [-0.2, 0) is 27.2 Å². The zero-order valence-electron chi connectivity index (χ0n) is 19.4. The molecule has 1 amide bonds. The molecular weight excluding hydrogens is 402 g/mol. The number of carbonyl (C=O) groups excluding carboxylic acids is 1. The molecule has 10 nitrogen and oxygen atoms in total. The van der Waals surface area contributed by atoms with Gasteiger partial charge in [0.2, 0.25) is 0 Å². The van der Waals surface area contributed by atoms with Gasteiger partial charge in [-0.3, -0.25) is 0 Å². The molecule has 1 atom stereocenters. The molecule has 0 spiro atoms. The highest BCUT2D eigenvalue weighted by atomic mass is 16.7. The molecule has 0 saturated carbocycles. The third kappa shape index (κ3) is 5.96. The number of hydrogen-bond acceptors (Lipinski definition) is 9. The van der Waals surface area contributed by atoms with Crippen LogP contribution in [0.4, 0.5) is 10.6 Å². The molecule has 2 aliphatic heterocycles. The maximum Gasteiger partial charge on any atom is 0.410 e. The molecular formula is C21H35N5O5. The Kier molecular flexibility index (Phi) is 7.55. The van der Waals surface area contributed by atoms with Crippen molar-refractivity contribution in [2.75, 3.05) is 51.8 Å². The Balaban J connectivity index is 1.75. The average Bonchev–Trinajstić information content (AvgIpc) is 2.73. The normalized spacial score (nSPS) is 18.0. The van der Waals surface area contributed by atoms with E-state index in [1.165, 1.54) is 0 Å². The Bertz CT molecular complexity index is 757. The number of methoxy groups -OCH3 is 2. The SMILES string of the molecule is COC(OC)[C@@H](C)Oc1nc2c(c(N3CCN(C(=O)OC(C)(C)C)CC3)n1)CCNC2. The first kappa shape index (κ1) is 23.5. The van der Waals surface area contributed by atoms with Crippen LogP contribution in [0.25, 0.3) is 0 Å². The van der Waals surface area contributed by atoms with Gasteiger partial charge in [0.05, 0.1) is 5.69 Å². The van der Waals surface area contributed by atoms with Gasteiger partial charge in [0.1, 0.15) is 17.5 Å². The summed E-state index contributed by atoms with van der Waals surface area (Å²) in [7, 11) is 3.14. The quantitative estimate of drug-likeness (QED) is 0.665. The number of nitrogens with zero attached hydrogens (tertiary/aromatic N) is 4. The average molecular weight is 438 g/mol. The molecule has 1 saturated heterocycles. The zero-order chi connectivity index (χ0) is 22.6. The standard InChI is InChI=1S/C21H35N5O5/c1-14(18(28-5)29-6)30-19-23-16-13-22-8-7-15(16)17(24-19)25-9-11-26(12-10-25)20(27)31-21(2,3)4/h14,18,22H,7-13H2,1-6H3/t14-/m1/s1. The van der Waals surface area contributed by atoms with Crippen LogP contribution < -0.4 is 15.0 Å². The number of carbonyl (C=O) groups is 1. The number of anilines is 1. The monoisotopic (exact) mass is 437 g/mol. The molecule has 174 valence electrons. The van der Waals surface area contributed by atoms with Gasteiger partial charge in [-0.05, 0) is 40.7 Å². The molecule has 1 aromatic heterocycles. The molecule has 0 aromatic carbocycles. The highest BCUT2D eigenvalue weighted by molar-refractivity contribution is 5.68. The molecule has 1 aromatic rings. The Morgan fingerprint density at radius 3 is 2.39 bits per heavy atom. The fraction of sp³-hybridized carbons (Fsp3) is 0.762. The molecule has 0 unspecified atom stereocenters. The van der Waals surface area contributed by atoms with Crippen molar-refractivity contribution < 1.29 is 23.7 Å². The summed E-state index contributed by atoms with van der Waals surface area (Å²) < 4.78 is 22.0. The Morgan fingerprint density at radius 1 is 1.10 bits per heavy atom. The van der Waals surface area contributed by atoms with Crippen molar-refractivity contribution in [3.05, 3.63) is 11.3 Å². The van der Waals surface area contributed by atoms with E-state index in [1.807, 2.05) is 27.7 Å². The van der Waals surface area contributed by atoms with Crippen LogP contribution in [0.3, 0.4) is 0 Å². The zero-order valence-corrected chi connectivity index (χ0v) is 19.4. The van der Waals surface area contributed by atoms with Crippen molar-refractivity contribution in [3.63, 3.8) is 0 Å². The van der Waals surface area contributed by atoms with E-state index in [1.54, 1.807) is 19.1 Å². The first-order chi connectivity index (χ1) is 14.7. The highest BCUT2D eigenvalue weighted by Crippen LogP contribution is 2.28. The van der Waals surface area contributed by atoms with Gasteiger partial charge in [-0.15, -0.1) is 0 Å². The van der Waals surface area contributed by atoms with E-state index < -0.39 is 11.9 Å². The fourth-order valence-corrected chi connectivity index (χ4v) is 3.76. The molecule has 1 fully saturated rings. The first-order valence-corrected chi connectivity index (χ1v) is 10.8. The van der Waals surface area contributed by atoms with Crippen LogP contribution in [0.2, 0.25) is 0 Å². The third-order valence-corrected chi connectivity index (χ3v) is 5.26. The second-order valence-electron chi connectivity index (χ2n) is 8.80. The van der Waals surface area contributed by atoms with E-state index in [2.05, 4.69) is 15.2 Å². The minimum absolute atomic E-state index is 0.274. The summed E-state index contributed by atoms with van der Waals surface area (Å²) in [6, 6.07) is 0.304. The van der Waals surface area contributed by atoms with Crippen LogP contribution in [-0.4, -0.2) is 85.9 Å². The molecule has 3 heterocycles. The predicted octanol–water partition coefficient (Wildman–Crippen LogP) is 1.57. The lowest BCUT2D eigenvalue weighted by atomic mass is 10.1. The number of nitrogens with one attached hydrogen (secondary N) is 1. The van der Waals surface area contributed by atoms with E-state index in [0.717, 1.165) is 30.0 Å². The molecule has 2 aliphatic rings. The summed E-state index contributed by atoms with van der Waals surface area (Å²) in [6.45, 7) is 11.5. The van der Waals surface area contributed by atoms with Gasteiger partial charge >= 0.3 is 12.1 Å². The Hall–Kier alpha value is -2.17. The lowest BCUT2D eigenvalue weighted by Gasteiger charge is -2.37.